The number of nitrogens with two attached hydrogens (primary N) is 1. The third kappa shape index (κ3) is 2.33. The van der Waals surface area contributed by atoms with Gasteiger partial charge in [-0.2, -0.15) is 16.3 Å². The molecule has 3 rings (SSSR count). The molecule has 0 spiro atoms. The molecule has 0 atom stereocenters. The highest BCUT2D eigenvalue weighted by molar-refractivity contribution is 7.08. The van der Waals surface area contributed by atoms with Crippen molar-refractivity contribution in [3.8, 4) is 11.4 Å². The SMILES string of the molecule is NCC1CCC(c2nc(-c3ccsc3)no2)CC1. The summed E-state index contributed by atoms with van der Waals surface area (Å²) >= 11 is 1.65. The number of thiophene rings is 1. The molecule has 18 heavy (non-hydrogen) atoms. The maximum atomic E-state index is 5.71. The molecule has 2 aromatic heterocycles. The molecule has 0 bridgehead atoms. The molecular weight excluding hydrogens is 246 g/mol. The number of hydrogen-bond donors (Lipinski definition) is 1. The average molecular weight is 263 g/mol. The van der Waals surface area contributed by atoms with Crippen molar-refractivity contribution in [2.45, 2.75) is 31.6 Å². The van der Waals surface area contributed by atoms with Gasteiger partial charge in [0.05, 0.1) is 0 Å². The monoisotopic (exact) mass is 263 g/mol. The Morgan fingerprint density at radius 1 is 1.33 bits per heavy atom. The zero-order valence-corrected chi connectivity index (χ0v) is 11.0. The number of hydrogen-bond acceptors (Lipinski definition) is 5. The lowest BCUT2D eigenvalue weighted by Crippen LogP contribution is -2.20. The first-order chi connectivity index (χ1) is 8.86. The topological polar surface area (TPSA) is 64.9 Å². The van der Waals surface area contributed by atoms with Gasteiger partial charge in [0.25, 0.3) is 0 Å². The fourth-order valence-electron chi connectivity index (χ4n) is 2.56. The second kappa shape index (κ2) is 5.20. The van der Waals surface area contributed by atoms with Gasteiger partial charge in [0.15, 0.2) is 0 Å². The summed E-state index contributed by atoms with van der Waals surface area (Å²) in [6.45, 7) is 0.802. The van der Waals surface area contributed by atoms with Crippen LogP contribution in [0.25, 0.3) is 11.4 Å². The van der Waals surface area contributed by atoms with Crippen LogP contribution < -0.4 is 5.73 Å². The smallest absolute Gasteiger partial charge is 0.230 e. The number of aromatic nitrogens is 2. The molecule has 0 amide bonds. The largest absolute Gasteiger partial charge is 0.339 e. The molecule has 1 saturated carbocycles. The second-order valence-electron chi connectivity index (χ2n) is 4.92. The molecule has 0 aromatic carbocycles. The molecule has 0 unspecified atom stereocenters. The van der Waals surface area contributed by atoms with E-state index in [0.29, 0.717) is 17.7 Å². The Labute approximate surface area is 110 Å². The van der Waals surface area contributed by atoms with Crippen LogP contribution in [0, 0.1) is 5.92 Å². The van der Waals surface area contributed by atoms with Crippen molar-refractivity contribution < 1.29 is 4.52 Å². The highest BCUT2D eigenvalue weighted by Crippen LogP contribution is 2.35. The van der Waals surface area contributed by atoms with Gasteiger partial charge in [-0.3, -0.25) is 0 Å². The van der Waals surface area contributed by atoms with Crippen LogP contribution >= 0.6 is 11.3 Å². The van der Waals surface area contributed by atoms with Crippen LogP contribution in [0.2, 0.25) is 0 Å². The first-order valence-corrected chi connectivity index (χ1v) is 7.37. The Hall–Kier alpha value is -1.20. The van der Waals surface area contributed by atoms with Gasteiger partial charge in [0, 0.05) is 16.9 Å². The third-order valence-electron chi connectivity index (χ3n) is 3.75. The van der Waals surface area contributed by atoms with E-state index in [9.17, 15) is 0 Å². The predicted molar refractivity (Wildman–Crippen MR) is 71.4 cm³/mol. The summed E-state index contributed by atoms with van der Waals surface area (Å²) in [4.78, 5) is 4.52. The van der Waals surface area contributed by atoms with Crippen LogP contribution in [0.3, 0.4) is 0 Å². The van der Waals surface area contributed by atoms with Crippen LogP contribution in [0.4, 0.5) is 0 Å². The Kier molecular flexibility index (Phi) is 3.43. The Balaban J connectivity index is 1.71. The molecule has 0 saturated heterocycles. The lowest BCUT2D eigenvalue weighted by atomic mass is 9.82. The summed E-state index contributed by atoms with van der Waals surface area (Å²) in [7, 11) is 0. The second-order valence-corrected chi connectivity index (χ2v) is 5.70. The molecule has 0 aliphatic heterocycles. The summed E-state index contributed by atoms with van der Waals surface area (Å²) in [5.41, 5.74) is 6.75. The summed E-state index contributed by atoms with van der Waals surface area (Å²) in [6.07, 6.45) is 4.59. The van der Waals surface area contributed by atoms with Gasteiger partial charge in [0.1, 0.15) is 0 Å². The Morgan fingerprint density at radius 2 is 2.17 bits per heavy atom. The van der Waals surface area contributed by atoms with Gasteiger partial charge in [-0.15, -0.1) is 0 Å². The molecule has 4 nitrogen and oxygen atoms in total. The molecule has 2 aromatic rings. The minimum absolute atomic E-state index is 0.424. The van der Waals surface area contributed by atoms with E-state index >= 15 is 0 Å². The van der Waals surface area contributed by atoms with Crippen molar-refractivity contribution in [1.29, 1.82) is 0 Å². The quantitative estimate of drug-likeness (QED) is 0.924. The van der Waals surface area contributed by atoms with Crippen LogP contribution in [-0.4, -0.2) is 16.7 Å². The standard InChI is InChI=1S/C13H17N3OS/c14-7-9-1-3-10(4-2-9)13-15-12(16-17-13)11-5-6-18-8-11/h5-6,8-10H,1-4,7,14H2. The van der Waals surface area contributed by atoms with E-state index in [1.54, 1.807) is 11.3 Å². The van der Waals surface area contributed by atoms with E-state index in [4.69, 9.17) is 10.3 Å². The highest BCUT2D eigenvalue weighted by Gasteiger charge is 2.25. The molecule has 1 aliphatic rings. The fraction of sp³-hybridized carbons (Fsp3) is 0.538. The van der Waals surface area contributed by atoms with E-state index in [-0.39, 0.29) is 0 Å². The van der Waals surface area contributed by atoms with Crippen molar-refractivity contribution in [3.63, 3.8) is 0 Å². The number of rotatable bonds is 3. The molecule has 5 heteroatoms. The Bertz CT molecular complexity index is 486. The fourth-order valence-corrected chi connectivity index (χ4v) is 3.19. The summed E-state index contributed by atoms with van der Waals surface area (Å²) < 4.78 is 5.41. The number of nitrogens with zero attached hydrogens (tertiary/aromatic N) is 2. The van der Waals surface area contributed by atoms with Crippen LogP contribution in [0.1, 0.15) is 37.5 Å². The first kappa shape index (κ1) is 11.9. The van der Waals surface area contributed by atoms with Crippen LogP contribution in [0.15, 0.2) is 21.3 Å². The molecule has 2 N–H and O–H groups in total. The van der Waals surface area contributed by atoms with Gasteiger partial charge >= 0.3 is 0 Å². The average Bonchev–Trinajstić information content (AvgIpc) is 3.09. The lowest BCUT2D eigenvalue weighted by molar-refractivity contribution is 0.275. The highest BCUT2D eigenvalue weighted by atomic mass is 32.1. The van der Waals surface area contributed by atoms with Gasteiger partial charge in [-0.25, -0.2) is 0 Å². The molecule has 1 fully saturated rings. The van der Waals surface area contributed by atoms with Gasteiger partial charge in [-0.05, 0) is 49.6 Å². The van der Waals surface area contributed by atoms with Crippen molar-refractivity contribution in [2.24, 2.45) is 11.7 Å². The third-order valence-corrected chi connectivity index (χ3v) is 4.43. The maximum Gasteiger partial charge on any atom is 0.230 e. The first-order valence-electron chi connectivity index (χ1n) is 6.43. The van der Waals surface area contributed by atoms with E-state index in [2.05, 4.69) is 10.1 Å². The molecule has 96 valence electrons. The van der Waals surface area contributed by atoms with E-state index < -0.39 is 0 Å². The van der Waals surface area contributed by atoms with Gasteiger partial charge in [0.2, 0.25) is 11.7 Å². The normalized spacial score (nSPS) is 24.3. The van der Waals surface area contributed by atoms with E-state index in [1.807, 2.05) is 16.8 Å². The molecular formula is C13H17N3OS. The molecule has 0 radical (unpaired) electrons. The van der Waals surface area contributed by atoms with Crippen molar-refractivity contribution in [2.75, 3.05) is 6.54 Å². The van der Waals surface area contributed by atoms with Gasteiger partial charge in [-0.1, -0.05) is 5.16 Å². The minimum atomic E-state index is 0.424. The van der Waals surface area contributed by atoms with Crippen molar-refractivity contribution >= 4 is 11.3 Å². The Morgan fingerprint density at radius 3 is 2.83 bits per heavy atom. The zero-order chi connectivity index (χ0) is 12.4. The summed E-state index contributed by atoms with van der Waals surface area (Å²) in [5, 5.41) is 8.14. The maximum absolute atomic E-state index is 5.71. The van der Waals surface area contributed by atoms with Crippen molar-refractivity contribution in [1.82, 2.24) is 10.1 Å². The van der Waals surface area contributed by atoms with Gasteiger partial charge < -0.3 is 10.3 Å². The lowest BCUT2D eigenvalue weighted by Gasteiger charge is -2.24. The zero-order valence-electron chi connectivity index (χ0n) is 10.2. The predicted octanol–water partition coefficient (Wildman–Crippen LogP) is 3.03. The minimum Gasteiger partial charge on any atom is -0.339 e. The van der Waals surface area contributed by atoms with E-state index in [0.717, 1.165) is 30.8 Å². The van der Waals surface area contributed by atoms with E-state index in [1.165, 1.54) is 12.8 Å². The summed E-state index contributed by atoms with van der Waals surface area (Å²) in [5.74, 6) is 2.62. The van der Waals surface area contributed by atoms with Crippen LogP contribution in [0.5, 0.6) is 0 Å². The van der Waals surface area contributed by atoms with Crippen LogP contribution in [-0.2, 0) is 0 Å². The van der Waals surface area contributed by atoms with Crippen molar-refractivity contribution in [3.05, 3.63) is 22.7 Å². The molecule has 1 aliphatic carbocycles. The summed E-state index contributed by atoms with van der Waals surface area (Å²) in [6, 6.07) is 2.02. The molecule has 2 heterocycles.